The van der Waals surface area contributed by atoms with Crippen LogP contribution in [0.4, 0.5) is 5.95 Å². The van der Waals surface area contributed by atoms with Crippen LogP contribution in [0.3, 0.4) is 0 Å². The maximum absolute atomic E-state index is 13.0. The van der Waals surface area contributed by atoms with Crippen LogP contribution < -0.4 is 5.32 Å². The molecule has 0 saturated carbocycles. The van der Waals surface area contributed by atoms with E-state index in [9.17, 15) is 9.59 Å². The van der Waals surface area contributed by atoms with Gasteiger partial charge in [0.15, 0.2) is 0 Å². The second kappa shape index (κ2) is 10.9. The Hall–Kier alpha value is -3.41. The van der Waals surface area contributed by atoms with E-state index in [-0.39, 0.29) is 30.2 Å². The molecule has 0 saturated heterocycles. The number of imidazole rings is 1. The molecule has 0 atom stereocenters. The number of amides is 2. The first-order valence-electron chi connectivity index (χ1n) is 11.5. The van der Waals surface area contributed by atoms with E-state index >= 15 is 0 Å². The normalized spacial score (nSPS) is 11.1. The number of hydrogen-bond acceptors (Lipinski definition) is 3. The lowest BCUT2D eigenvalue weighted by atomic mass is 10.1. The number of aromatic nitrogens is 2. The molecule has 2 aromatic carbocycles. The Morgan fingerprint density at radius 2 is 1.64 bits per heavy atom. The average molecular weight is 447 g/mol. The molecule has 0 bridgehead atoms. The van der Waals surface area contributed by atoms with Crippen molar-refractivity contribution in [2.45, 2.75) is 41.0 Å². The van der Waals surface area contributed by atoms with Crippen molar-refractivity contribution in [3.8, 4) is 16.9 Å². The SMILES string of the molecule is Cc1ccc(-n2cc(-c3ccccc3)nc2NC(=O)CN(CC(C)C)C(=O)CC(C)C)cc1. The molecule has 33 heavy (non-hydrogen) atoms. The number of rotatable bonds is 9. The van der Waals surface area contributed by atoms with Crippen molar-refractivity contribution in [3.63, 3.8) is 0 Å². The number of hydrogen-bond donors (Lipinski definition) is 1. The average Bonchev–Trinajstić information content (AvgIpc) is 3.17. The van der Waals surface area contributed by atoms with Crippen molar-refractivity contribution in [1.82, 2.24) is 14.5 Å². The van der Waals surface area contributed by atoms with Gasteiger partial charge in [0.25, 0.3) is 0 Å². The predicted octanol–water partition coefficient (Wildman–Crippen LogP) is 5.32. The number of benzene rings is 2. The molecular weight excluding hydrogens is 412 g/mol. The lowest BCUT2D eigenvalue weighted by Crippen LogP contribution is -2.40. The van der Waals surface area contributed by atoms with E-state index in [1.165, 1.54) is 0 Å². The number of anilines is 1. The molecule has 174 valence electrons. The molecule has 0 radical (unpaired) electrons. The summed E-state index contributed by atoms with van der Waals surface area (Å²) in [4.78, 5) is 32.1. The van der Waals surface area contributed by atoms with Gasteiger partial charge in [-0.1, -0.05) is 75.7 Å². The maximum Gasteiger partial charge on any atom is 0.246 e. The zero-order chi connectivity index (χ0) is 24.0. The zero-order valence-corrected chi connectivity index (χ0v) is 20.2. The summed E-state index contributed by atoms with van der Waals surface area (Å²) in [6, 6.07) is 17.9. The number of nitrogens with zero attached hydrogens (tertiary/aromatic N) is 3. The van der Waals surface area contributed by atoms with E-state index in [4.69, 9.17) is 4.98 Å². The van der Waals surface area contributed by atoms with E-state index < -0.39 is 0 Å². The number of aryl methyl sites for hydroxylation is 1. The van der Waals surface area contributed by atoms with Gasteiger partial charge < -0.3 is 4.90 Å². The van der Waals surface area contributed by atoms with Gasteiger partial charge in [-0.05, 0) is 30.9 Å². The fraction of sp³-hybridized carbons (Fsp3) is 0.370. The number of nitrogens with one attached hydrogen (secondary N) is 1. The van der Waals surface area contributed by atoms with Crippen molar-refractivity contribution >= 4 is 17.8 Å². The minimum Gasteiger partial charge on any atom is -0.333 e. The molecular formula is C27H34N4O2. The molecule has 0 aliphatic heterocycles. The number of carbonyl (C=O) groups excluding carboxylic acids is 2. The third-order valence-electron chi connectivity index (χ3n) is 5.19. The Labute approximate surface area is 196 Å². The van der Waals surface area contributed by atoms with Gasteiger partial charge in [0.05, 0.1) is 12.2 Å². The molecule has 0 spiro atoms. The zero-order valence-electron chi connectivity index (χ0n) is 20.2. The van der Waals surface area contributed by atoms with Crippen molar-refractivity contribution < 1.29 is 9.59 Å². The molecule has 3 aromatic rings. The molecule has 6 nitrogen and oxygen atoms in total. The van der Waals surface area contributed by atoms with Gasteiger partial charge in [0.2, 0.25) is 17.8 Å². The highest BCUT2D eigenvalue weighted by Gasteiger charge is 2.21. The van der Waals surface area contributed by atoms with E-state index in [0.717, 1.165) is 22.5 Å². The van der Waals surface area contributed by atoms with Crippen molar-refractivity contribution in [2.75, 3.05) is 18.4 Å². The molecule has 1 heterocycles. The standard InChI is InChI=1S/C27H34N4O2/c1-19(2)15-26(33)30(16-20(3)4)18-25(32)29-27-28-24(22-9-7-6-8-10-22)17-31(27)23-13-11-21(5)12-14-23/h6-14,17,19-20H,15-16,18H2,1-5H3,(H,28,29,32). The van der Waals surface area contributed by atoms with E-state index in [2.05, 4.69) is 5.32 Å². The second-order valence-electron chi connectivity index (χ2n) is 9.34. The summed E-state index contributed by atoms with van der Waals surface area (Å²) in [7, 11) is 0. The Kier molecular flexibility index (Phi) is 8.04. The van der Waals surface area contributed by atoms with Crippen LogP contribution in [0, 0.1) is 18.8 Å². The highest BCUT2D eigenvalue weighted by atomic mass is 16.2. The first-order valence-corrected chi connectivity index (χ1v) is 11.5. The van der Waals surface area contributed by atoms with Crippen LogP contribution in [0.25, 0.3) is 16.9 Å². The molecule has 0 unspecified atom stereocenters. The highest BCUT2D eigenvalue weighted by Crippen LogP contribution is 2.24. The molecule has 2 amide bonds. The minimum absolute atomic E-state index is 0.000649. The maximum atomic E-state index is 13.0. The summed E-state index contributed by atoms with van der Waals surface area (Å²) in [6.45, 7) is 10.7. The van der Waals surface area contributed by atoms with Crippen molar-refractivity contribution in [3.05, 3.63) is 66.4 Å². The van der Waals surface area contributed by atoms with E-state index in [1.54, 1.807) is 4.90 Å². The molecule has 0 aliphatic carbocycles. The first-order chi connectivity index (χ1) is 15.7. The van der Waals surface area contributed by atoms with Crippen LogP contribution >= 0.6 is 0 Å². The Bertz CT molecular complexity index is 1070. The molecule has 6 heteroatoms. The smallest absolute Gasteiger partial charge is 0.246 e. The lowest BCUT2D eigenvalue weighted by Gasteiger charge is -2.25. The molecule has 0 aliphatic rings. The topological polar surface area (TPSA) is 67.2 Å². The molecule has 0 fully saturated rings. The Morgan fingerprint density at radius 1 is 0.970 bits per heavy atom. The minimum atomic E-state index is -0.258. The van der Waals surface area contributed by atoms with Gasteiger partial charge in [-0.25, -0.2) is 4.98 Å². The summed E-state index contributed by atoms with van der Waals surface area (Å²) in [5.74, 6) is 0.688. The summed E-state index contributed by atoms with van der Waals surface area (Å²) >= 11 is 0. The van der Waals surface area contributed by atoms with Gasteiger partial charge in [0, 0.05) is 30.4 Å². The van der Waals surface area contributed by atoms with Crippen LogP contribution in [0.5, 0.6) is 0 Å². The fourth-order valence-corrected chi connectivity index (χ4v) is 3.63. The van der Waals surface area contributed by atoms with Gasteiger partial charge in [-0.2, -0.15) is 0 Å². The van der Waals surface area contributed by atoms with Crippen LogP contribution in [-0.4, -0.2) is 39.4 Å². The van der Waals surface area contributed by atoms with Crippen LogP contribution in [-0.2, 0) is 9.59 Å². The predicted molar refractivity (Wildman–Crippen MR) is 133 cm³/mol. The summed E-state index contributed by atoms with van der Waals surface area (Å²) in [5, 5.41) is 2.94. The van der Waals surface area contributed by atoms with Gasteiger partial charge in [-0.3, -0.25) is 19.5 Å². The first kappa shape index (κ1) is 24.2. The van der Waals surface area contributed by atoms with Crippen LogP contribution in [0.2, 0.25) is 0 Å². The lowest BCUT2D eigenvalue weighted by molar-refractivity contribution is -0.135. The third-order valence-corrected chi connectivity index (χ3v) is 5.19. The van der Waals surface area contributed by atoms with Crippen LogP contribution in [0.1, 0.15) is 39.7 Å². The van der Waals surface area contributed by atoms with Crippen molar-refractivity contribution in [1.29, 1.82) is 0 Å². The quantitative estimate of drug-likeness (QED) is 0.484. The van der Waals surface area contributed by atoms with Crippen LogP contribution in [0.15, 0.2) is 60.8 Å². The highest BCUT2D eigenvalue weighted by molar-refractivity contribution is 5.94. The monoisotopic (exact) mass is 446 g/mol. The van der Waals surface area contributed by atoms with E-state index in [0.29, 0.717) is 18.9 Å². The summed E-state index contributed by atoms with van der Waals surface area (Å²) in [5.41, 5.74) is 3.79. The van der Waals surface area contributed by atoms with Gasteiger partial charge >= 0.3 is 0 Å². The third kappa shape index (κ3) is 6.78. The summed E-state index contributed by atoms with van der Waals surface area (Å²) in [6.07, 6.45) is 2.35. The summed E-state index contributed by atoms with van der Waals surface area (Å²) < 4.78 is 1.88. The van der Waals surface area contributed by atoms with E-state index in [1.807, 2.05) is 100.0 Å². The fourth-order valence-electron chi connectivity index (χ4n) is 3.63. The second-order valence-corrected chi connectivity index (χ2v) is 9.34. The molecule has 1 aromatic heterocycles. The Morgan fingerprint density at radius 3 is 2.24 bits per heavy atom. The molecule has 3 rings (SSSR count). The van der Waals surface area contributed by atoms with Gasteiger partial charge in [-0.15, -0.1) is 0 Å². The Balaban J connectivity index is 1.87. The number of carbonyl (C=O) groups is 2. The van der Waals surface area contributed by atoms with Gasteiger partial charge in [0.1, 0.15) is 0 Å². The largest absolute Gasteiger partial charge is 0.333 e. The molecule has 1 N–H and O–H groups in total. The van der Waals surface area contributed by atoms with Crippen molar-refractivity contribution in [2.24, 2.45) is 11.8 Å².